The van der Waals surface area contributed by atoms with Crippen molar-refractivity contribution in [3.8, 4) is 5.88 Å². The number of morpholine rings is 1. The van der Waals surface area contributed by atoms with Crippen LogP contribution in [0.3, 0.4) is 0 Å². The van der Waals surface area contributed by atoms with Crippen molar-refractivity contribution in [2.75, 3.05) is 44.8 Å². The minimum Gasteiger partial charge on any atom is -0.474 e. The third kappa shape index (κ3) is 4.65. The summed E-state index contributed by atoms with van der Waals surface area (Å²) in [4.78, 5) is 10.8. The largest absolute Gasteiger partial charge is 0.474 e. The van der Waals surface area contributed by atoms with Crippen molar-refractivity contribution < 1.29 is 9.47 Å². The summed E-state index contributed by atoms with van der Waals surface area (Å²) in [7, 11) is 0. The molecule has 1 aliphatic rings. The Labute approximate surface area is 114 Å². The summed E-state index contributed by atoms with van der Waals surface area (Å²) in [6, 6.07) is 0.304. The van der Waals surface area contributed by atoms with Gasteiger partial charge in [0, 0.05) is 38.1 Å². The van der Waals surface area contributed by atoms with E-state index in [2.05, 4.69) is 34.0 Å². The van der Waals surface area contributed by atoms with E-state index in [4.69, 9.17) is 9.47 Å². The van der Waals surface area contributed by atoms with E-state index in [9.17, 15) is 0 Å². The Morgan fingerprint density at radius 1 is 1.32 bits per heavy atom. The lowest BCUT2D eigenvalue weighted by Crippen LogP contribution is -2.38. The molecular weight excluding hydrogens is 244 g/mol. The third-order valence-electron chi connectivity index (χ3n) is 2.84. The van der Waals surface area contributed by atoms with Crippen LogP contribution in [-0.4, -0.2) is 60.4 Å². The monoisotopic (exact) mass is 266 g/mol. The molecule has 2 rings (SSSR count). The van der Waals surface area contributed by atoms with Gasteiger partial charge in [-0.2, -0.15) is 0 Å². The molecular formula is C13H22N4O2. The fourth-order valence-corrected chi connectivity index (χ4v) is 1.90. The van der Waals surface area contributed by atoms with Gasteiger partial charge in [-0.05, 0) is 13.8 Å². The molecule has 1 saturated heterocycles. The summed E-state index contributed by atoms with van der Waals surface area (Å²) in [5.41, 5.74) is 0. The van der Waals surface area contributed by atoms with Gasteiger partial charge in [0.2, 0.25) is 0 Å². The molecule has 0 aliphatic carbocycles. The summed E-state index contributed by atoms with van der Waals surface area (Å²) in [6.45, 7) is 9.20. The van der Waals surface area contributed by atoms with Crippen molar-refractivity contribution in [2.24, 2.45) is 0 Å². The van der Waals surface area contributed by atoms with E-state index in [1.54, 1.807) is 12.4 Å². The molecule has 1 aliphatic heterocycles. The van der Waals surface area contributed by atoms with Gasteiger partial charge in [0.15, 0.2) is 5.82 Å². The van der Waals surface area contributed by atoms with Crippen LogP contribution in [0.5, 0.6) is 5.88 Å². The normalized spacial score (nSPS) is 16.6. The van der Waals surface area contributed by atoms with Crippen molar-refractivity contribution in [3.05, 3.63) is 12.4 Å². The fraction of sp³-hybridized carbons (Fsp3) is 0.692. The zero-order valence-corrected chi connectivity index (χ0v) is 11.6. The summed E-state index contributed by atoms with van der Waals surface area (Å²) >= 11 is 0. The molecule has 2 heterocycles. The average Bonchev–Trinajstić information content (AvgIpc) is 2.41. The minimum absolute atomic E-state index is 0.304. The first-order chi connectivity index (χ1) is 9.25. The Hall–Kier alpha value is -1.40. The Morgan fingerprint density at radius 3 is 2.79 bits per heavy atom. The van der Waals surface area contributed by atoms with Crippen molar-refractivity contribution >= 4 is 5.82 Å². The first-order valence-corrected chi connectivity index (χ1v) is 6.76. The van der Waals surface area contributed by atoms with E-state index in [-0.39, 0.29) is 0 Å². The van der Waals surface area contributed by atoms with Gasteiger partial charge in [-0.25, -0.2) is 9.97 Å². The number of hydrogen-bond donors (Lipinski definition) is 1. The maximum atomic E-state index is 5.72. The topological polar surface area (TPSA) is 59.5 Å². The molecule has 0 aromatic carbocycles. The second-order valence-corrected chi connectivity index (χ2v) is 4.81. The van der Waals surface area contributed by atoms with Crippen LogP contribution in [0, 0.1) is 0 Å². The summed E-state index contributed by atoms with van der Waals surface area (Å²) in [5.74, 6) is 1.28. The van der Waals surface area contributed by atoms with Crippen LogP contribution in [0.15, 0.2) is 12.4 Å². The van der Waals surface area contributed by atoms with Gasteiger partial charge in [0.25, 0.3) is 5.88 Å². The maximum absolute atomic E-state index is 5.72. The molecule has 0 radical (unpaired) electrons. The number of nitrogens with zero attached hydrogens (tertiary/aromatic N) is 3. The molecule has 6 heteroatoms. The molecule has 0 atom stereocenters. The third-order valence-corrected chi connectivity index (χ3v) is 2.84. The number of anilines is 1. The predicted octanol–water partition coefficient (Wildman–Crippen LogP) is 1.01. The summed E-state index contributed by atoms with van der Waals surface area (Å²) in [6.07, 6.45) is 3.31. The molecule has 1 aromatic rings. The minimum atomic E-state index is 0.304. The highest BCUT2D eigenvalue weighted by molar-refractivity contribution is 5.45. The van der Waals surface area contributed by atoms with Crippen molar-refractivity contribution in [1.29, 1.82) is 0 Å². The van der Waals surface area contributed by atoms with Crippen LogP contribution in [-0.2, 0) is 4.74 Å². The molecule has 1 fully saturated rings. The number of aromatic nitrogens is 2. The lowest BCUT2D eigenvalue weighted by atomic mass is 10.4. The Bertz CT molecular complexity index is 381. The van der Waals surface area contributed by atoms with Crippen LogP contribution < -0.4 is 10.1 Å². The predicted molar refractivity (Wildman–Crippen MR) is 73.5 cm³/mol. The maximum Gasteiger partial charge on any atom is 0.257 e. The molecule has 0 saturated carbocycles. The van der Waals surface area contributed by atoms with Crippen LogP contribution in [0.2, 0.25) is 0 Å². The quantitative estimate of drug-likeness (QED) is 0.829. The van der Waals surface area contributed by atoms with Gasteiger partial charge in [-0.15, -0.1) is 0 Å². The van der Waals surface area contributed by atoms with E-state index in [0.717, 1.165) is 32.8 Å². The standard InChI is InChI=1S/C13H22N4O2/c1-11(2)16-12-13(15-4-3-14-12)19-10-7-17-5-8-18-9-6-17/h3-4,11H,5-10H2,1-2H3,(H,14,16). The second kappa shape index (κ2) is 7.25. The lowest BCUT2D eigenvalue weighted by molar-refractivity contribution is 0.0320. The highest BCUT2D eigenvalue weighted by Gasteiger charge is 2.11. The van der Waals surface area contributed by atoms with Crippen molar-refractivity contribution in [1.82, 2.24) is 14.9 Å². The Kier molecular flexibility index (Phi) is 5.35. The van der Waals surface area contributed by atoms with E-state index < -0.39 is 0 Å². The van der Waals surface area contributed by atoms with Gasteiger partial charge < -0.3 is 14.8 Å². The lowest BCUT2D eigenvalue weighted by Gasteiger charge is -2.26. The molecule has 0 bridgehead atoms. The molecule has 1 N–H and O–H groups in total. The smallest absolute Gasteiger partial charge is 0.257 e. The first kappa shape index (κ1) is 14.0. The molecule has 6 nitrogen and oxygen atoms in total. The molecule has 0 spiro atoms. The number of hydrogen-bond acceptors (Lipinski definition) is 6. The molecule has 0 amide bonds. The Morgan fingerprint density at radius 2 is 2.05 bits per heavy atom. The fourth-order valence-electron chi connectivity index (χ4n) is 1.90. The molecule has 106 valence electrons. The van der Waals surface area contributed by atoms with E-state index in [0.29, 0.717) is 24.3 Å². The first-order valence-electron chi connectivity index (χ1n) is 6.76. The zero-order valence-electron chi connectivity index (χ0n) is 11.6. The Balaban J connectivity index is 1.81. The van der Waals surface area contributed by atoms with Gasteiger partial charge in [-0.1, -0.05) is 0 Å². The summed E-state index contributed by atoms with van der Waals surface area (Å²) < 4.78 is 11.0. The van der Waals surface area contributed by atoms with E-state index >= 15 is 0 Å². The van der Waals surface area contributed by atoms with E-state index in [1.165, 1.54) is 0 Å². The van der Waals surface area contributed by atoms with E-state index in [1.807, 2.05) is 0 Å². The van der Waals surface area contributed by atoms with Crippen molar-refractivity contribution in [3.63, 3.8) is 0 Å². The highest BCUT2D eigenvalue weighted by Crippen LogP contribution is 2.18. The van der Waals surface area contributed by atoms with Crippen LogP contribution in [0.1, 0.15) is 13.8 Å². The highest BCUT2D eigenvalue weighted by atomic mass is 16.5. The van der Waals surface area contributed by atoms with Gasteiger partial charge >= 0.3 is 0 Å². The van der Waals surface area contributed by atoms with Gasteiger partial charge in [0.05, 0.1) is 13.2 Å². The SMILES string of the molecule is CC(C)Nc1nccnc1OCCN1CCOCC1. The van der Waals surface area contributed by atoms with Crippen LogP contribution in [0.4, 0.5) is 5.82 Å². The molecule has 19 heavy (non-hydrogen) atoms. The van der Waals surface area contributed by atoms with Crippen LogP contribution >= 0.6 is 0 Å². The average molecular weight is 266 g/mol. The van der Waals surface area contributed by atoms with Gasteiger partial charge in [-0.3, -0.25) is 4.90 Å². The molecule has 0 unspecified atom stereocenters. The van der Waals surface area contributed by atoms with Gasteiger partial charge in [0.1, 0.15) is 6.61 Å². The number of nitrogens with one attached hydrogen (secondary N) is 1. The van der Waals surface area contributed by atoms with Crippen LogP contribution in [0.25, 0.3) is 0 Å². The zero-order chi connectivity index (χ0) is 13.5. The molecule has 1 aromatic heterocycles. The number of rotatable bonds is 6. The number of ether oxygens (including phenoxy) is 2. The van der Waals surface area contributed by atoms with Crippen molar-refractivity contribution in [2.45, 2.75) is 19.9 Å². The summed E-state index contributed by atoms with van der Waals surface area (Å²) in [5, 5.41) is 3.23. The second-order valence-electron chi connectivity index (χ2n) is 4.81.